The monoisotopic (exact) mass is 487 g/mol. The average Bonchev–Trinajstić information content (AvgIpc) is 3.26. The zero-order valence-electron chi connectivity index (χ0n) is 18.7. The van der Waals surface area contributed by atoms with Crippen molar-refractivity contribution in [3.63, 3.8) is 0 Å². The second-order valence-electron chi connectivity index (χ2n) is 9.56. The van der Waals surface area contributed by atoms with Gasteiger partial charge in [-0.05, 0) is 0 Å². The molecule has 0 saturated carbocycles. The molecule has 0 radical (unpaired) electrons. The van der Waals surface area contributed by atoms with Gasteiger partial charge in [0.05, 0.1) is 0 Å². The quantitative estimate of drug-likeness (QED) is 0.356. The molecule has 0 N–H and O–H groups in total. The Kier molecular flexibility index (Phi) is 6.47. The van der Waals surface area contributed by atoms with Gasteiger partial charge in [0.2, 0.25) is 0 Å². The predicted molar refractivity (Wildman–Crippen MR) is 130 cm³/mol. The van der Waals surface area contributed by atoms with E-state index in [9.17, 15) is 0 Å². The molecule has 0 aliphatic heterocycles. The zero-order valence-corrected chi connectivity index (χ0v) is 22.3. The Bertz CT molecular complexity index is 920. The van der Waals surface area contributed by atoms with E-state index in [1.165, 1.54) is 22.3 Å². The van der Waals surface area contributed by atoms with Crippen LogP contribution in [0.3, 0.4) is 0 Å². The number of benzene rings is 2. The van der Waals surface area contributed by atoms with E-state index in [1.807, 2.05) is 0 Å². The van der Waals surface area contributed by atoms with Crippen LogP contribution >= 0.6 is 0 Å². The molecule has 0 bridgehead atoms. The molecular formula is C28H33SiZr. The summed E-state index contributed by atoms with van der Waals surface area (Å²) in [4.78, 5) is 0. The molecule has 2 aliphatic rings. The van der Waals surface area contributed by atoms with Crippen molar-refractivity contribution in [2.45, 2.75) is 46.0 Å². The number of rotatable bonds is 7. The van der Waals surface area contributed by atoms with E-state index in [1.54, 1.807) is 0 Å². The van der Waals surface area contributed by atoms with E-state index in [-0.39, 0.29) is 0 Å². The molecule has 0 nitrogen and oxygen atoms in total. The van der Waals surface area contributed by atoms with E-state index in [2.05, 4.69) is 124 Å². The Morgan fingerprint density at radius 2 is 1.07 bits per heavy atom. The summed E-state index contributed by atoms with van der Waals surface area (Å²) in [5.41, 5.74) is 5.86. The molecule has 0 fully saturated rings. The maximum atomic E-state index is 2.66. The van der Waals surface area contributed by atoms with E-state index in [0.29, 0.717) is 6.25 Å². The zero-order chi connectivity index (χ0) is 21.2. The molecule has 2 heteroatoms. The first-order chi connectivity index (χ1) is 14.4. The first kappa shape index (κ1) is 21.7. The molecule has 0 spiro atoms. The summed E-state index contributed by atoms with van der Waals surface area (Å²) in [7, 11) is 0. The van der Waals surface area contributed by atoms with Gasteiger partial charge in [-0.1, -0.05) is 0 Å². The van der Waals surface area contributed by atoms with Crippen molar-refractivity contribution in [3.05, 3.63) is 119 Å². The van der Waals surface area contributed by atoms with Crippen LogP contribution in [-0.2, 0) is 33.8 Å². The fourth-order valence-electron chi connectivity index (χ4n) is 5.57. The minimum atomic E-state index is -1.86. The van der Waals surface area contributed by atoms with Crippen LogP contribution in [0.5, 0.6) is 0 Å². The molecular weight excluding hydrogens is 456 g/mol. The van der Waals surface area contributed by atoms with Gasteiger partial charge in [-0.2, -0.15) is 0 Å². The molecule has 2 aromatic carbocycles. The molecule has 153 valence electrons. The third-order valence-corrected chi connectivity index (χ3v) is 30.8. The number of hydrogen-bond acceptors (Lipinski definition) is 0. The summed E-state index contributed by atoms with van der Waals surface area (Å²) in [6.45, 7) is 10.3. The third-order valence-electron chi connectivity index (χ3n) is 6.50. The maximum absolute atomic E-state index is 2.66. The Morgan fingerprint density at radius 1 is 0.667 bits per heavy atom. The SMILES string of the molecule is C[SiH](C)[Zr]([C]1(C)C=CC(Cc2ccccc2)=C1)[C]1(C)C=CC(Cc2ccccc2)=C1. The third kappa shape index (κ3) is 4.71. The first-order valence-corrected chi connectivity index (χ1v) is 20.8. The van der Waals surface area contributed by atoms with Gasteiger partial charge >= 0.3 is 192 Å². The second kappa shape index (κ2) is 8.93. The molecule has 0 heterocycles. The second-order valence-corrected chi connectivity index (χ2v) is 31.1. The summed E-state index contributed by atoms with van der Waals surface area (Å²) >= 11 is -1.86. The van der Waals surface area contributed by atoms with Gasteiger partial charge in [0.1, 0.15) is 0 Å². The van der Waals surface area contributed by atoms with E-state index < -0.39 is 26.8 Å². The van der Waals surface area contributed by atoms with Gasteiger partial charge in [-0.3, -0.25) is 0 Å². The Hall–Kier alpha value is -1.50. The number of allylic oxidation sites excluding steroid dienone is 8. The summed E-state index contributed by atoms with van der Waals surface area (Å²) in [6, 6.07) is 21.8. The van der Waals surface area contributed by atoms with Crippen LogP contribution in [0, 0.1) is 0 Å². The normalized spacial score (nSPS) is 25.0. The Labute approximate surface area is 191 Å². The van der Waals surface area contributed by atoms with E-state index in [4.69, 9.17) is 0 Å². The fraction of sp³-hybridized carbons (Fsp3) is 0.286. The van der Waals surface area contributed by atoms with Crippen molar-refractivity contribution in [1.29, 1.82) is 0 Å². The van der Waals surface area contributed by atoms with Crippen LogP contribution in [0.1, 0.15) is 25.0 Å². The van der Waals surface area contributed by atoms with Crippen molar-refractivity contribution in [2.75, 3.05) is 0 Å². The molecule has 4 rings (SSSR count). The van der Waals surface area contributed by atoms with Gasteiger partial charge in [-0.25, -0.2) is 0 Å². The summed E-state index contributed by atoms with van der Waals surface area (Å²) in [5, 5.41) is 0. The van der Waals surface area contributed by atoms with Crippen molar-refractivity contribution >= 4 is 5.92 Å². The molecule has 2 atom stereocenters. The molecule has 2 aliphatic carbocycles. The summed E-state index contributed by atoms with van der Waals surface area (Å²) in [6.07, 6.45) is 17.5. The van der Waals surface area contributed by atoms with Crippen LogP contribution in [0.25, 0.3) is 0 Å². The van der Waals surface area contributed by atoms with Crippen LogP contribution < -0.4 is 0 Å². The topological polar surface area (TPSA) is 0 Å². The van der Waals surface area contributed by atoms with Crippen molar-refractivity contribution in [1.82, 2.24) is 0 Å². The van der Waals surface area contributed by atoms with Crippen LogP contribution in [-0.4, -0.2) is 5.92 Å². The molecule has 0 aromatic heterocycles. The standard InChI is InChI=1S/2C13H13.C2H7Si.Zr/c2*1-11-7-8-13(9-11)10-12-5-3-2-4-6-12;1-3-2;/h2*2-9H,10H2,1H3;3H,1-2H3;. The Balaban J connectivity index is 1.58. The van der Waals surface area contributed by atoms with Crippen molar-refractivity contribution in [2.24, 2.45) is 0 Å². The molecule has 0 saturated heterocycles. The van der Waals surface area contributed by atoms with Gasteiger partial charge in [0.25, 0.3) is 0 Å². The van der Waals surface area contributed by atoms with E-state index >= 15 is 0 Å². The molecule has 30 heavy (non-hydrogen) atoms. The summed E-state index contributed by atoms with van der Waals surface area (Å²) < 4.78 is 0.648. The van der Waals surface area contributed by atoms with Crippen LogP contribution in [0.15, 0.2) is 108 Å². The average molecular weight is 489 g/mol. The molecule has 2 aromatic rings. The van der Waals surface area contributed by atoms with Crippen LogP contribution in [0.2, 0.25) is 19.3 Å². The van der Waals surface area contributed by atoms with Crippen molar-refractivity contribution in [3.8, 4) is 0 Å². The van der Waals surface area contributed by atoms with Gasteiger partial charge in [-0.15, -0.1) is 0 Å². The molecule has 2 unspecified atom stereocenters. The first-order valence-electron chi connectivity index (χ1n) is 11.2. The fourth-order valence-corrected chi connectivity index (χ4v) is 34.3. The van der Waals surface area contributed by atoms with Gasteiger partial charge in [0, 0.05) is 0 Å². The van der Waals surface area contributed by atoms with Crippen LogP contribution in [0.4, 0.5) is 0 Å². The summed E-state index contributed by atoms with van der Waals surface area (Å²) in [5.74, 6) is -0.745. The van der Waals surface area contributed by atoms with Gasteiger partial charge < -0.3 is 0 Å². The molecule has 0 amide bonds. The minimum absolute atomic E-state index is 0.324. The van der Waals surface area contributed by atoms with E-state index in [0.717, 1.165) is 12.8 Å². The van der Waals surface area contributed by atoms with Crippen molar-refractivity contribution < 1.29 is 20.9 Å². The predicted octanol–water partition coefficient (Wildman–Crippen LogP) is 7.42. The van der Waals surface area contributed by atoms with Gasteiger partial charge in [0.15, 0.2) is 0 Å². The Morgan fingerprint density at radius 3 is 1.43 bits per heavy atom. The number of hydrogen-bond donors (Lipinski definition) is 0.